The summed E-state index contributed by atoms with van der Waals surface area (Å²) in [6.45, 7) is 5.65. The van der Waals surface area contributed by atoms with E-state index in [0.29, 0.717) is 11.4 Å². The van der Waals surface area contributed by atoms with Gasteiger partial charge in [0.15, 0.2) is 0 Å². The number of rotatable bonds is 4. The Morgan fingerprint density at radius 1 is 1.21 bits per heavy atom. The smallest absolute Gasteiger partial charge is 0.280 e. The molecule has 1 aromatic heterocycles. The lowest BCUT2D eigenvalue weighted by Gasteiger charge is -2.20. The Morgan fingerprint density at radius 3 is 2.58 bits per heavy atom. The van der Waals surface area contributed by atoms with Gasteiger partial charge < -0.3 is 9.67 Å². The van der Waals surface area contributed by atoms with Crippen LogP contribution < -0.4 is 0 Å². The number of nitro benzene ring substituents is 1. The summed E-state index contributed by atoms with van der Waals surface area (Å²) in [5.41, 5.74) is 2.10. The first-order chi connectivity index (χ1) is 11.3. The fraction of sp³-hybridized carbons (Fsp3) is 0.278. The van der Waals surface area contributed by atoms with Gasteiger partial charge in [-0.1, -0.05) is 24.3 Å². The summed E-state index contributed by atoms with van der Waals surface area (Å²) < 4.78 is 1.85. The van der Waals surface area contributed by atoms with Crippen LogP contribution in [-0.2, 0) is 6.54 Å². The van der Waals surface area contributed by atoms with Gasteiger partial charge in [0.2, 0.25) is 0 Å². The van der Waals surface area contributed by atoms with Gasteiger partial charge in [-0.2, -0.15) is 0 Å². The summed E-state index contributed by atoms with van der Waals surface area (Å²) in [4.78, 5) is 15.6. The topological polar surface area (TPSA) is 81.2 Å². The summed E-state index contributed by atoms with van der Waals surface area (Å²) in [6.07, 6.45) is 0. The average Bonchev–Trinajstić information content (AvgIpc) is 2.85. The Labute approximate surface area is 139 Å². The molecule has 0 atom stereocenters. The lowest BCUT2D eigenvalue weighted by atomic mass is 10.1. The second-order valence-corrected chi connectivity index (χ2v) is 6.55. The molecule has 3 aromatic rings. The molecule has 0 saturated heterocycles. The number of fused-ring (bicyclic) bond motifs is 1. The Balaban J connectivity index is 2.34. The number of benzene rings is 2. The van der Waals surface area contributed by atoms with E-state index in [-0.39, 0.29) is 12.2 Å². The fourth-order valence-corrected chi connectivity index (χ4v) is 2.86. The maximum absolute atomic E-state index is 11.4. The van der Waals surface area contributed by atoms with Crippen LogP contribution in [-0.4, -0.2) is 25.2 Å². The first-order valence-electron chi connectivity index (χ1n) is 7.70. The van der Waals surface area contributed by atoms with Crippen LogP contribution in [0.1, 0.15) is 19.4 Å². The largest absolute Gasteiger partial charge is 0.389 e. The zero-order chi connectivity index (χ0) is 17.5. The number of aliphatic hydroxyl groups is 1. The molecule has 24 heavy (non-hydrogen) atoms. The number of nitrogens with zero attached hydrogens (tertiary/aromatic N) is 3. The molecule has 0 amide bonds. The summed E-state index contributed by atoms with van der Waals surface area (Å²) in [6, 6.07) is 12.3. The summed E-state index contributed by atoms with van der Waals surface area (Å²) >= 11 is 0. The standard InChI is InChI=1S/C18H19N3O3/c1-12-7-6-10-15-16(12)19-17(20(15)11-18(2,3)22)13-8-4-5-9-14(13)21(23)24/h4-10,22H,11H2,1-3H3. The number of aryl methyl sites for hydroxylation is 1. The Hall–Kier alpha value is -2.73. The highest BCUT2D eigenvalue weighted by atomic mass is 16.6. The molecule has 0 saturated carbocycles. The van der Waals surface area contributed by atoms with Crippen molar-refractivity contribution in [2.24, 2.45) is 0 Å². The van der Waals surface area contributed by atoms with Crippen LogP contribution >= 0.6 is 0 Å². The molecule has 3 rings (SSSR count). The molecule has 0 aliphatic carbocycles. The van der Waals surface area contributed by atoms with E-state index in [4.69, 9.17) is 0 Å². The Bertz CT molecular complexity index is 923. The summed E-state index contributed by atoms with van der Waals surface area (Å²) in [5, 5.41) is 21.7. The van der Waals surface area contributed by atoms with E-state index in [2.05, 4.69) is 4.98 Å². The van der Waals surface area contributed by atoms with E-state index < -0.39 is 10.5 Å². The Morgan fingerprint density at radius 2 is 1.92 bits per heavy atom. The lowest BCUT2D eigenvalue weighted by molar-refractivity contribution is -0.384. The maximum atomic E-state index is 11.4. The lowest BCUT2D eigenvalue weighted by Crippen LogP contribution is -2.26. The molecule has 124 valence electrons. The molecule has 0 spiro atoms. The first kappa shape index (κ1) is 16.1. The predicted molar refractivity (Wildman–Crippen MR) is 92.9 cm³/mol. The van der Waals surface area contributed by atoms with E-state index in [0.717, 1.165) is 16.6 Å². The van der Waals surface area contributed by atoms with Crippen LogP contribution in [0.2, 0.25) is 0 Å². The van der Waals surface area contributed by atoms with Crippen molar-refractivity contribution in [3.63, 3.8) is 0 Å². The van der Waals surface area contributed by atoms with Gasteiger partial charge in [-0.25, -0.2) is 4.98 Å². The maximum Gasteiger partial charge on any atom is 0.280 e. The number of imidazole rings is 1. The molecule has 0 aliphatic heterocycles. The first-order valence-corrected chi connectivity index (χ1v) is 7.70. The molecule has 0 fully saturated rings. The predicted octanol–water partition coefficient (Wildman–Crippen LogP) is 3.69. The third kappa shape index (κ3) is 2.88. The summed E-state index contributed by atoms with van der Waals surface area (Å²) in [7, 11) is 0. The minimum atomic E-state index is -0.977. The van der Waals surface area contributed by atoms with Gasteiger partial charge in [-0.15, -0.1) is 0 Å². The zero-order valence-electron chi connectivity index (χ0n) is 13.9. The van der Waals surface area contributed by atoms with Crippen LogP contribution in [0.3, 0.4) is 0 Å². The van der Waals surface area contributed by atoms with Gasteiger partial charge >= 0.3 is 0 Å². The molecule has 0 radical (unpaired) electrons. The van der Waals surface area contributed by atoms with Gasteiger partial charge in [-0.3, -0.25) is 10.1 Å². The van der Waals surface area contributed by atoms with Crippen LogP contribution in [0.25, 0.3) is 22.4 Å². The average molecular weight is 325 g/mol. The van der Waals surface area contributed by atoms with Crippen LogP contribution in [0.15, 0.2) is 42.5 Å². The van der Waals surface area contributed by atoms with Crippen molar-refractivity contribution in [3.8, 4) is 11.4 Å². The molecule has 6 heteroatoms. The molecule has 0 unspecified atom stereocenters. The fourth-order valence-electron chi connectivity index (χ4n) is 2.86. The highest BCUT2D eigenvalue weighted by Crippen LogP contribution is 2.33. The number of para-hydroxylation sites is 2. The van der Waals surface area contributed by atoms with E-state index in [1.54, 1.807) is 32.0 Å². The molecule has 6 nitrogen and oxygen atoms in total. The van der Waals surface area contributed by atoms with Crippen LogP contribution in [0, 0.1) is 17.0 Å². The van der Waals surface area contributed by atoms with Crippen molar-refractivity contribution in [2.75, 3.05) is 0 Å². The van der Waals surface area contributed by atoms with Gasteiger partial charge in [0.1, 0.15) is 5.82 Å². The second kappa shape index (κ2) is 5.72. The number of hydrogen-bond acceptors (Lipinski definition) is 4. The van der Waals surface area contributed by atoms with E-state index >= 15 is 0 Å². The van der Waals surface area contributed by atoms with Crippen molar-refractivity contribution in [3.05, 3.63) is 58.1 Å². The van der Waals surface area contributed by atoms with Crippen molar-refractivity contribution in [2.45, 2.75) is 32.9 Å². The molecule has 2 aromatic carbocycles. The van der Waals surface area contributed by atoms with Crippen LogP contribution in [0.4, 0.5) is 5.69 Å². The van der Waals surface area contributed by atoms with Gasteiger partial charge in [0.25, 0.3) is 5.69 Å². The SMILES string of the molecule is Cc1cccc2c1nc(-c1ccccc1[N+](=O)[O-])n2CC(C)(C)O. The molecule has 0 bridgehead atoms. The van der Waals surface area contributed by atoms with Crippen molar-refractivity contribution < 1.29 is 10.0 Å². The molecule has 0 aliphatic rings. The third-order valence-electron chi connectivity index (χ3n) is 3.87. The minimum absolute atomic E-state index is 0.00227. The Kier molecular flexibility index (Phi) is 3.85. The highest BCUT2D eigenvalue weighted by molar-refractivity contribution is 5.85. The van der Waals surface area contributed by atoms with Gasteiger partial charge in [0, 0.05) is 6.07 Å². The normalized spacial score (nSPS) is 11.8. The third-order valence-corrected chi connectivity index (χ3v) is 3.87. The molecular weight excluding hydrogens is 306 g/mol. The van der Waals surface area contributed by atoms with Gasteiger partial charge in [-0.05, 0) is 38.5 Å². The van der Waals surface area contributed by atoms with Crippen molar-refractivity contribution in [1.82, 2.24) is 9.55 Å². The molecule has 1 N–H and O–H groups in total. The van der Waals surface area contributed by atoms with Crippen LogP contribution in [0.5, 0.6) is 0 Å². The van der Waals surface area contributed by atoms with E-state index in [1.165, 1.54) is 6.07 Å². The van der Waals surface area contributed by atoms with E-state index in [9.17, 15) is 15.2 Å². The summed E-state index contributed by atoms with van der Waals surface area (Å²) in [5.74, 6) is 0.494. The number of hydrogen-bond donors (Lipinski definition) is 1. The minimum Gasteiger partial charge on any atom is -0.389 e. The molecular formula is C18H19N3O3. The highest BCUT2D eigenvalue weighted by Gasteiger charge is 2.24. The number of aromatic nitrogens is 2. The quantitative estimate of drug-likeness (QED) is 0.586. The zero-order valence-corrected chi connectivity index (χ0v) is 13.9. The van der Waals surface area contributed by atoms with Crippen molar-refractivity contribution in [1.29, 1.82) is 0 Å². The monoisotopic (exact) mass is 325 g/mol. The number of nitro groups is 1. The second-order valence-electron chi connectivity index (χ2n) is 6.55. The van der Waals surface area contributed by atoms with Crippen molar-refractivity contribution >= 4 is 16.7 Å². The molecule has 1 heterocycles. The van der Waals surface area contributed by atoms with E-state index in [1.807, 2.05) is 29.7 Å². The van der Waals surface area contributed by atoms with Gasteiger partial charge in [0.05, 0.1) is 33.7 Å².